The van der Waals surface area contributed by atoms with Gasteiger partial charge in [-0.15, -0.1) is 0 Å². The molecule has 0 radical (unpaired) electrons. The minimum atomic E-state index is -1.01. The van der Waals surface area contributed by atoms with Crippen LogP contribution in [0.4, 0.5) is 4.79 Å². The molecule has 1 aliphatic heterocycles. The zero-order valence-electron chi connectivity index (χ0n) is 12.7. The summed E-state index contributed by atoms with van der Waals surface area (Å²) in [5.74, 6) is 0.361. The average Bonchev–Trinajstić information content (AvgIpc) is 2.63. The highest BCUT2D eigenvalue weighted by Crippen LogP contribution is 2.25. The lowest BCUT2D eigenvalue weighted by Crippen LogP contribution is -2.47. The van der Waals surface area contributed by atoms with Crippen molar-refractivity contribution in [2.45, 2.75) is 25.9 Å². The van der Waals surface area contributed by atoms with Crippen LogP contribution in [0.5, 0.6) is 5.75 Å². The number of nitrogens with one attached hydrogen (secondary N) is 1. The molecule has 1 saturated heterocycles. The third kappa shape index (κ3) is 2.85. The lowest BCUT2D eigenvalue weighted by Gasteiger charge is -2.20. The first-order chi connectivity index (χ1) is 9.91. The van der Waals surface area contributed by atoms with Crippen LogP contribution in [0.3, 0.4) is 0 Å². The van der Waals surface area contributed by atoms with Gasteiger partial charge in [-0.05, 0) is 19.9 Å². The van der Waals surface area contributed by atoms with Crippen LogP contribution in [0.25, 0.3) is 0 Å². The maximum atomic E-state index is 12.4. The molecule has 1 heterocycles. The van der Waals surface area contributed by atoms with E-state index >= 15 is 0 Å². The second-order valence-electron chi connectivity index (χ2n) is 5.40. The Balaban J connectivity index is 2.26. The standard InChI is InChI=1S/C15H20N2O4/c1-10-5-6-12(21-4)11(7-10)8-17-13(18)15(2,9-20-3)16-14(17)19/h5-7H,8-9H2,1-4H3,(H,16,19)/t15-/m0/s1. The second kappa shape index (κ2) is 5.73. The Morgan fingerprint density at radius 2 is 2.00 bits per heavy atom. The SMILES string of the molecule is COC[C@]1(C)NC(=O)N(Cc2cc(C)ccc2OC)C1=O. The van der Waals surface area contributed by atoms with Crippen LogP contribution in [0, 0.1) is 6.92 Å². The minimum Gasteiger partial charge on any atom is -0.496 e. The number of nitrogens with zero attached hydrogens (tertiary/aromatic N) is 1. The Kier molecular flexibility index (Phi) is 4.18. The largest absolute Gasteiger partial charge is 0.496 e. The van der Waals surface area contributed by atoms with Gasteiger partial charge in [0.25, 0.3) is 5.91 Å². The van der Waals surface area contributed by atoms with E-state index in [4.69, 9.17) is 9.47 Å². The number of carbonyl (C=O) groups excluding carboxylic acids is 2. The van der Waals surface area contributed by atoms with E-state index in [2.05, 4.69) is 5.32 Å². The molecule has 1 fully saturated rings. The van der Waals surface area contributed by atoms with Crippen LogP contribution >= 0.6 is 0 Å². The fourth-order valence-electron chi connectivity index (χ4n) is 2.48. The Bertz CT molecular complexity index is 573. The normalized spacial score (nSPS) is 21.6. The van der Waals surface area contributed by atoms with E-state index in [1.54, 1.807) is 14.0 Å². The smallest absolute Gasteiger partial charge is 0.325 e. The Morgan fingerprint density at radius 1 is 1.29 bits per heavy atom. The molecule has 1 atom stereocenters. The summed E-state index contributed by atoms with van der Waals surface area (Å²) < 4.78 is 10.3. The lowest BCUT2D eigenvalue weighted by atomic mass is 10.0. The zero-order chi connectivity index (χ0) is 15.6. The fourth-order valence-corrected chi connectivity index (χ4v) is 2.48. The molecule has 0 spiro atoms. The molecule has 114 valence electrons. The Labute approximate surface area is 124 Å². The Morgan fingerprint density at radius 3 is 2.62 bits per heavy atom. The van der Waals surface area contributed by atoms with E-state index in [9.17, 15) is 9.59 Å². The number of imide groups is 1. The molecule has 1 N–H and O–H groups in total. The number of carbonyl (C=O) groups is 2. The van der Waals surface area contributed by atoms with Gasteiger partial charge in [-0.25, -0.2) is 4.79 Å². The van der Waals surface area contributed by atoms with Gasteiger partial charge in [0.05, 0.1) is 20.3 Å². The number of benzene rings is 1. The first-order valence-corrected chi connectivity index (χ1v) is 6.68. The third-order valence-electron chi connectivity index (χ3n) is 3.54. The van der Waals surface area contributed by atoms with Crippen LogP contribution in [-0.4, -0.2) is 43.2 Å². The van der Waals surface area contributed by atoms with Gasteiger partial charge in [0.1, 0.15) is 11.3 Å². The monoisotopic (exact) mass is 292 g/mol. The number of rotatable bonds is 5. The number of aryl methyl sites for hydroxylation is 1. The summed E-state index contributed by atoms with van der Waals surface area (Å²) in [6.45, 7) is 3.92. The van der Waals surface area contributed by atoms with Gasteiger partial charge >= 0.3 is 6.03 Å². The molecule has 21 heavy (non-hydrogen) atoms. The summed E-state index contributed by atoms with van der Waals surface area (Å²) >= 11 is 0. The van der Waals surface area contributed by atoms with Gasteiger partial charge < -0.3 is 14.8 Å². The van der Waals surface area contributed by atoms with Crippen molar-refractivity contribution < 1.29 is 19.1 Å². The van der Waals surface area contributed by atoms with Crippen molar-refractivity contribution in [1.82, 2.24) is 10.2 Å². The predicted molar refractivity (Wildman–Crippen MR) is 77.1 cm³/mol. The Hall–Kier alpha value is -2.08. The lowest BCUT2D eigenvalue weighted by molar-refractivity contribution is -0.132. The molecule has 0 bridgehead atoms. The molecule has 1 aromatic carbocycles. The first kappa shape index (κ1) is 15.3. The molecule has 3 amide bonds. The van der Waals surface area contributed by atoms with Crippen LogP contribution in [-0.2, 0) is 16.1 Å². The second-order valence-corrected chi connectivity index (χ2v) is 5.40. The van der Waals surface area contributed by atoms with Gasteiger partial charge in [0, 0.05) is 12.7 Å². The molecule has 6 heteroatoms. The average molecular weight is 292 g/mol. The van der Waals surface area contributed by atoms with Crippen LogP contribution < -0.4 is 10.1 Å². The number of ether oxygens (including phenoxy) is 2. The van der Waals surface area contributed by atoms with Crippen LogP contribution in [0.15, 0.2) is 18.2 Å². The summed E-state index contributed by atoms with van der Waals surface area (Å²) in [5, 5.41) is 2.68. The number of amides is 3. The van der Waals surface area contributed by atoms with E-state index in [-0.39, 0.29) is 19.1 Å². The van der Waals surface area contributed by atoms with E-state index < -0.39 is 11.6 Å². The molecule has 1 aromatic rings. The summed E-state index contributed by atoms with van der Waals surface area (Å²) in [7, 11) is 3.06. The highest BCUT2D eigenvalue weighted by molar-refractivity contribution is 6.06. The fraction of sp³-hybridized carbons (Fsp3) is 0.467. The summed E-state index contributed by atoms with van der Waals surface area (Å²) in [5.41, 5.74) is 0.822. The van der Waals surface area contributed by atoms with Gasteiger partial charge in [-0.1, -0.05) is 17.7 Å². The van der Waals surface area contributed by atoms with Gasteiger partial charge in [0.15, 0.2) is 0 Å². The minimum absolute atomic E-state index is 0.138. The number of hydrogen-bond acceptors (Lipinski definition) is 4. The number of urea groups is 1. The molecular formula is C15H20N2O4. The zero-order valence-corrected chi connectivity index (χ0v) is 12.7. The van der Waals surface area contributed by atoms with Crippen molar-refractivity contribution in [1.29, 1.82) is 0 Å². The van der Waals surface area contributed by atoms with E-state index in [0.29, 0.717) is 5.75 Å². The molecule has 0 aromatic heterocycles. The van der Waals surface area contributed by atoms with Crippen molar-refractivity contribution in [3.05, 3.63) is 29.3 Å². The summed E-state index contributed by atoms with van der Waals surface area (Å²) in [6, 6.07) is 5.25. The molecule has 0 unspecified atom stereocenters. The van der Waals surface area contributed by atoms with Gasteiger partial charge in [0.2, 0.25) is 0 Å². The van der Waals surface area contributed by atoms with Crippen molar-refractivity contribution in [2.75, 3.05) is 20.8 Å². The molecule has 1 aliphatic rings. The van der Waals surface area contributed by atoms with Crippen LogP contribution in [0.2, 0.25) is 0 Å². The maximum absolute atomic E-state index is 12.4. The quantitative estimate of drug-likeness (QED) is 0.834. The highest BCUT2D eigenvalue weighted by Gasteiger charge is 2.47. The molecular weight excluding hydrogens is 272 g/mol. The summed E-state index contributed by atoms with van der Waals surface area (Å²) in [4.78, 5) is 25.7. The molecule has 2 rings (SSSR count). The van der Waals surface area contributed by atoms with E-state index in [1.165, 1.54) is 12.0 Å². The van der Waals surface area contributed by atoms with Crippen molar-refractivity contribution in [3.8, 4) is 5.75 Å². The third-order valence-corrected chi connectivity index (χ3v) is 3.54. The van der Waals surface area contributed by atoms with Gasteiger partial charge in [-0.2, -0.15) is 0 Å². The van der Waals surface area contributed by atoms with Crippen molar-refractivity contribution in [3.63, 3.8) is 0 Å². The molecule has 0 aliphatic carbocycles. The first-order valence-electron chi connectivity index (χ1n) is 6.68. The number of methoxy groups -OCH3 is 2. The van der Waals surface area contributed by atoms with E-state index in [1.807, 2.05) is 25.1 Å². The van der Waals surface area contributed by atoms with Crippen molar-refractivity contribution in [2.24, 2.45) is 0 Å². The van der Waals surface area contributed by atoms with Crippen LogP contribution in [0.1, 0.15) is 18.1 Å². The highest BCUT2D eigenvalue weighted by atomic mass is 16.5. The topological polar surface area (TPSA) is 67.9 Å². The van der Waals surface area contributed by atoms with E-state index in [0.717, 1.165) is 11.1 Å². The van der Waals surface area contributed by atoms with Crippen molar-refractivity contribution >= 4 is 11.9 Å². The molecule has 6 nitrogen and oxygen atoms in total. The predicted octanol–water partition coefficient (Wildman–Crippen LogP) is 1.46. The summed E-state index contributed by atoms with van der Waals surface area (Å²) in [6.07, 6.45) is 0. The molecule has 0 saturated carbocycles. The van der Waals surface area contributed by atoms with Gasteiger partial charge in [-0.3, -0.25) is 9.69 Å². The maximum Gasteiger partial charge on any atom is 0.325 e. The number of hydrogen-bond donors (Lipinski definition) is 1.